The number of aryl methyl sites for hydroxylation is 1. The maximum atomic E-state index is 13.6. The molecule has 4 rings (SSSR count). The van der Waals surface area contributed by atoms with Crippen molar-refractivity contribution in [1.82, 2.24) is 4.90 Å². The van der Waals surface area contributed by atoms with Gasteiger partial charge in [-0.1, -0.05) is 42.0 Å². The van der Waals surface area contributed by atoms with Crippen LogP contribution < -0.4 is 9.47 Å². The molecule has 0 bridgehead atoms. The minimum atomic E-state index is -0.582. The summed E-state index contributed by atoms with van der Waals surface area (Å²) in [6.07, 6.45) is 3.70. The molecule has 6 heteroatoms. The molecule has 1 spiro atoms. The smallest absolute Gasteiger partial charge is 0.261 e. The second-order valence-corrected chi connectivity index (χ2v) is 7.92. The molecule has 0 unspecified atom stereocenters. The number of methoxy groups -OCH3 is 2. The number of carbonyl (C=O) groups excluding carboxylic acids is 1. The summed E-state index contributed by atoms with van der Waals surface area (Å²) in [5, 5.41) is 0. The molecule has 0 N–H and O–H groups in total. The Hall–Kier alpha value is -2.73. The van der Waals surface area contributed by atoms with Crippen molar-refractivity contribution >= 4 is 28.8 Å². The zero-order valence-corrected chi connectivity index (χ0v) is 17.7. The number of hydrogen-bond donors (Lipinski definition) is 0. The highest BCUT2D eigenvalue weighted by molar-refractivity contribution is 7.82. The van der Waals surface area contributed by atoms with Gasteiger partial charge in [-0.3, -0.25) is 14.7 Å². The van der Waals surface area contributed by atoms with Gasteiger partial charge in [-0.2, -0.15) is 0 Å². The second kappa shape index (κ2) is 7.59. The Balaban J connectivity index is 1.74. The van der Waals surface area contributed by atoms with Gasteiger partial charge < -0.3 is 9.47 Å². The summed E-state index contributed by atoms with van der Waals surface area (Å²) in [4.78, 5) is 20.8. The highest BCUT2D eigenvalue weighted by atomic mass is 32.1. The lowest BCUT2D eigenvalue weighted by Crippen LogP contribution is -2.48. The molecule has 0 radical (unpaired) electrons. The summed E-state index contributed by atoms with van der Waals surface area (Å²) in [5.41, 5.74) is 2.79. The minimum absolute atomic E-state index is 0.149. The number of thiocarbonyl (C=S) groups is 1. The molecule has 0 aromatic heterocycles. The monoisotopic (exact) mass is 408 g/mol. The quantitative estimate of drug-likeness (QED) is 0.696. The highest BCUT2D eigenvalue weighted by Gasteiger charge is 2.50. The van der Waals surface area contributed by atoms with Gasteiger partial charge in [-0.15, -0.1) is 0 Å². The number of aliphatic imine (C=N–C) groups is 1. The zero-order valence-electron chi connectivity index (χ0n) is 16.9. The van der Waals surface area contributed by atoms with Crippen LogP contribution in [0, 0.1) is 6.92 Å². The van der Waals surface area contributed by atoms with Crippen molar-refractivity contribution in [1.29, 1.82) is 0 Å². The Morgan fingerprint density at radius 3 is 2.31 bits per heavy atom. The lowest BCUT2D eigenvalue weighted by Gasteiger charge is -2.32. The molecule has 1 saturated carbocycles. The van der Waals surface area contributed by atoms with E-state index in [4.69, 9.17) is 26.7 Å². The van der Waals surface area contributed by atoms with E-state index in [1.807, 2.05) is 31.2 Å². The van der Waals surface area contributed by atoms with Crippen LogP contribution in [0.5, 0.6) is 11.5 Å². The van der Waals surface area contributed by atoms with Crippen molar-refractivity contribution in [3.8, 4) is 11.5 Å². The molecule has 0 saturated heterocycles. The summed E-state index contributed by atoms with van der Waals surface area (Å²) in [5.74, 6) is 0.951. The summed E-state index contributed by atoms with van der Waals surface area (Å²) in [6, 6.07) is 13.3. The van der Waals surface area contributed by atoms with Gasteiger partial charge in [0.2, 0.25) is 0 Å². The molecule has 1 heterocycles. The molecule has 29 heavy (non-hydrogen) atoms. The first-order valence-electron chi connectivity index (χ1n) is 9.77. The van der Waals surface area contributed by atoms with E-state index in [-0.39, 0.29) is 5.91 Å². The van der Waals surface area contributed by atoms with E-state index in [0.717, 1.165) is 37.0 Å². The first-order valence-corrected chi connectivity index (χ1v) is 10.2. The predicted octanol–water partition coefficient (Wildman–Crippen LogP) is 4.56. The van der Waals surface area contributed by atoms with Crippen molar-refractivity contribution in [2.24, 2.45) is 4.99 Å². The molecular weight excluding hydrogens is 384 g/mol. The second-order valence-electron chi connectivity index (χ2n) is 7.53. The average molecular weight is 409 g/mol. The van der Waals surface area contributed by atoms with E-state index in [2.05, 4.69) is 0 Å². The van der Waals surface area contributed by atoms with E-state index in [0.29, 0.717) is 22.1 Å². The SMILES string of the molecule is COc1ccc(C(=O)N2C(=S)C(c3ccc(C)cc3)=NC23CCCC3)cc1OC. The van der Waals surface area contributed by atoms with Gasteiger partial charge in [0.15, 0.2) is 11.5 Å². The first-order chi connectivity index (χ1) is 14.0. The van der Waals surface area contributed by atoms with Gasteiger partial charge >= 0.3 is 0 Å². The average Bonchev–Trinajstić information content (AvgIpc) is 3.32. The van der Waals surface area contributed by atoms with Crippen LogP contribution in [0.1, 0.15) is 47.2 Å². The van der Waals surface area contributed by atoms with Crippen LogP contribution in [0.25, 0.3) is 0 Å². The third-order valence-corrected chi connectivity index (χ3v) is 6.08. The molecule has 1 amide bonds. The Bertz CT molecular complexity index is 992. The number of carbonyl (C=O) groups is 1. The predicted molar refractivity (Wildman–Crippen MR) is 117 cm³/mol. The van der Waals surface area contributed by atoms with Crippen LogP contribution in [-0.2, 0) is 0 Å². The Labute approximate surface area is 176 Å². The van der Waals surface area contributed by atoms with Crippen LogP contribution in [0.2, 0.25) is 0 Å². The van der Waals surface area contributed by atoms with Crippen molar-refractivity contribution in [2.45, 2.75) is 38.3 Å². The summed E-state index contributed by atoms with van der Waals surface area (Å²) < 4.78 is 10.7. The molecule has 1 aliphatic carbocycles. The summed E-state index contributed by atoms with van der Waals surface area (Å²) >= 11 is 5.79. The van der Waals surface area contributed by atoms with Gasteiger partial charge in [-0.05, 0) is 50.8 Å². The largest absolute Gasteiger partial charge is 0.493 e. The number of amides is 1. The number of nitrogens with zero attached hydrogens (tertiary/aromatic N) is 2. The molecule has 2 aromatic carbocycles. The Morgan fingerprint density at radius 1 is 1.03 bits per heavy atom. The topological polar surface area (TPSA) is 51.1 Å². The van der Waals surface area contributed by atoms with Crippen LogP contribution in [0.3, 0.4) is 0 Å². The fraction of sp³-hybridized carbons (Fsp3) is 0.348. The van der Waals surface area contributed by atoms with Crippen molar-refractivity contribution in [3.05, 3.63) is 59.2 Å². The highest BCUT2D eigenvalue weighted by Crippen LogP contribution is 2.42. The van der Waals surface area contributed by atoms with E-state index >= 15 is 0 Å². The number of hydrogen-bond acceptors (Lipinski definition) is 5. The molecule has 0 atom stereocenters. The summed E-state index contributed by atoms with van der Waals surface area (Å²) in [7, 11) is 3.13. The molecule has 150 valence electrons. The lowest BCUT2D eigenvalue weighted by molar-refractivity contribution is 0.0724. The van der Waals surface area contributed by atoms with Crippen LogP contribution in [0.15, 0.2) is 47.5 Å². The van der Waals surface area contributed by atoms with Gasteiger partial charge in [0.25, 0.3) is 5.91 Å². The molecule has 2 aromatic rings. The van der Waals surface area contributed by atoms with E-state index in [1.54, 1.807) is 37.3 Å². The zero-order chi connectivity index (χ0) is 20.6. The van der Waals surface area contributed by atoms with Crippen molar-refractivity contribution in [3.63, 3.8) is 0 Å². The number of rotatable bonds is 4. The standard InChI is InChI=1S/C23H24N2O3S/c1-15-6-8-16(9-7-15)20-22(29)25(23(24-20)12-4-5-13-23)21(26)17-10-11-18(27-2)19(14-17)28-3/h6-11,14H,4-5,12-13H2,1-3H3. The van der Waals surface area contributed by atoms with E-state index in [9.17, 15) is 4.79 Å². The van der Waals surface area contributed by atoms with E-state index in [1.165, 1.54) is 5.56 Å². The molecule has 2 aliphatic rings. The minimum Gasteiger partial charge on any atom is -0.493 e. The number of benzene rings is 2. The third kappa shape index (κ3) is 3.31. The Morgan fingerprint density at radius 2 is 1.69 bits per heavy atom. The third-order valence-electron chi connectivity index (χ3n) is 5.70. The maximum absolute atomic E-state index is 13.6. The fourth-order valence-electron chi connectivity index (χ4n) is 4.16. The Kier molecular flexibility index (Phi) is 5.13. The number of ether oxygens (including phenoxy) is 2. The molecule has 5 nitrogen and oxygen atoms in total. The normalized spacial score (nSPS) is 17.6. The molecular formula is C23H24N2O3S. The van der Waals surface area contributed by atoms with Gasteiger partial charge in [-0.25, -0.2) is 0 Å². The van der Waals surface area contributed by atoms with Crippen LogP contribution >= 0.6 is 12.2 Å². The molecule has 1 fully saturated rings. The lowest BCUT2D eigenvalue weighted by atomic mass is 10.1. The van der Waals surface area contributed by atoms with Crippen molar-refractivity contribution in [2.75, 3.05) is 14.2 Å². The molecule has 1 aliphatic heterocycles. The fourth-order valence-corrected chi connectivity index (χ4v) is 4.57. The van der Waals surface area contributed by atoms with Crippen LogP contribution in [0.4, 0.5) is 0 Å². The summed E-state index contributed by atoms with van der Waals surface area (Å²) in [6.45, 7) is 2.05. The first kappa shape index (κ1) is 19.6. The van der Waals surface area contributed by atoms with E-state index < -0.39 is 5.66 Å². The van der Waals surface area contributed by atoms with Crippen molar-refractivity contribution < 1.29 is 14.3 Å². The van der Waals surface area contributed by atoms with Gasteiger partial charge in [0, 0.05) is 11.1 Å². The van der Waals surface area contributed by atoms with Crippen LogP contribution in [-0.4, -0.2) is 41.4 Å². The van der Waals surface area contributed by atoms with Gasteiger partial charge in [0.1, 0.15) is 16.4 Å². The maximum Gasteiger partial charge on any atom is 0.261 e. The van der Waals surface area contributed by atoms with Gasteiger partial charge in [0.05, 0.1) is 14.2 Å².